The summed E-state index contributed by atoms with van der Waals surface area (Å²) < 4.78 is 25.2. The highest BCUT2D eigenvalue weighted by molar-refractivity contribution is 7.46. The number of hydrogen-bond acceptors (Lipinski definition) is 4. The first-order valence-corrected chi connectivity index (χ1v) is 10.8. The molecule has 0 saturated heterocycles. The van der Waals surface area contributed by atoms with Crippen LogP contribution in [0.4, 0.5) is 0 Å². The van der Waals surface area contributed by atoms with Crippen molar-refractivity contribution < 1.29 is 28.3 Å². The van der Waals surface area contributed by atoms with Crippen molar-refractivity contribution >= 4 is 7.82 Å². The Morgan fingerprint density at radius 2 is 1.17 bits per heavy atom. The second-order valence-corrected chi connectivity index (χ2v) is 7.80. The fraction of sp³-hybridized carbons (Fsp3) is 1.00. The van der Waals surface area contributed by atoms with Crippen molar-refractivity contribution in [3.63, 3.8) is 0 Å². The van der Waals surface area contributed by atoms with Gasteiger partial charge in [-0.2, -0.15) is 0 Å². The number of phosphoric acid groups is 1. The lowest BCUT2D eigenvalue weighted by Crippen LogP contribution is -2.09. The lowest BCUT2D eigenvalue weighted by Gasteiger charge is -2.07. The molecule has 6 nitrogen and oxygen atoms in total. The Morgan fingerprint density at radius 1 is 0.708 bits per heavy atom. The van der Waals surface area contributed by atoms with Crippen LogP contribution in [0.25, 0.3) is 0 Å². The second kappa shape index (κ2) is 16.5. The monoisotopic (exact) mass is 368 g/mol. The molecule has 0 rings (SSSR count). The predicted octanol–water partition coefficient (Wildman–Crippen LogP) is 4.30. The Kier molecular flexibility index (Phi) is 16.5. The molecule has 0 aliphatic heterocycles. The summed E-state index contributed by atoms with van der Waals surface area (Å²) in [4.78, 5) is 16.9. The summed E-state index contributed by atoms with van der Waals surface area (Å²) in [7, 11) is -4.37. The molecule has 24 heavy (non-hydrogen) atoms. The van der Waals surface area contributed by atoms with Gasteiger partial charge >= 0.3 is 7.82 Å². The molecule has 0 aliphatic carbocycles. The normalized spacial score (nSPS) is 12.2. The van der Waals surface area contributed by atoms with Gasteiger partial charge in [-0.3, -0.25) is 4.52 Å². The predicted molar refractivity (Wildman–Crippen MR) is 96.0 cm³/mol. The largest absolute Gasteiger partial charge is 0.469 e. The maximum Gasteiger partial charge on any atom is 0.469 e. The van der Waals surface area contributed by atoms with Crippen LogP contribution < -0.4 is 0 Å². The first kappa shape index (κ1) is 24.0. The van der Waals surface area contributed by atoms with Gasteiger partial charge in [0, 0.05) is 6.61 Å². The Labute approximate surface area is 147 Å². The van der Waals surface area contributed by atoms with E-state index in [1.54, 1.807) is 0 Å². The molecule has 0 unspecified atom stereocenters. The molecule has 0 spiro atoms. The van der Waals surface area contributed by atoms with E-state index in [4.69, 9.17) is 19.3 Å². The summed E-state index contributed by atoms with van der Waals surface area (Å²) in [6.07, 6.45) is 11.7. The molecule has 0 amide bonds. The third kappa shape index (κ3) is 22.0. The van der Waals surface area contributed by atoms with E-state index in [9.17, 15) is 4.57 Å². The highest BCUT2D eigenvalue weighted by atomic mass is 31.2. The molecule has 0 fully saturated rings. The van der Waals surface area contributed by atoms with Crippen molar-refractivity contribution in [3.05, 3.63) is 0 Å². The van der Waals surface area contributed by atoms with Crippen LogP contribution in [0.1, 0.15) is 71.6 Å². The Hall–Kier alpha value is 0.0300. The summed E-state index contributed by atoms with van der Waals surface area (Å²) in [6, 6.07) is 0. The van der Waals surface area contributed by atoms with Crippen molar-refractivity contribution in [3.8, 4) is 0 Å². The smallest absolute Gasteiger partial charge is 0.379 e. The fourth-order valence-corrected chi connectivity index (χ4v) is 2.67. The van der Waals surface area contributed by atoms with E-state index < -0.39 is 7.82 Å². The third-order valence-electron chi connectivity index (χ3n) is 3.68. The molecule has 0 heterocycles. The lowest BCUT2D eigenvalue weighted by molar-refractivity contribution is 0.0312. The summed E-state index contributed by atoms with van der Waals surface area (Å²) in [6.45, 7) is 6.29. The molecule has 7 heteroatoms. The molecular formula is C17H37O6P. The van der Waals surface area contributed by atoms with Gasteiger partial charge in [0.2, 0.25) is 0 Å². The van der Waals surface area contributed by atoms with E-state index in [2.05, 4.69) is 18.4 Å². The maximum atomic E-state index is 10.4. The van der Waals surface area contributed by atoms with E-state index in [1.165, 1.54) is 51.4 Å². The van der Waals surface area contributed by atoms with Crippen molar-refractivity contribution in [2.24, 2.45) is 5.92 Å². The van der Waals surface area contributed by atoms with Crippen molar-refractivity contribution in [1.82, 2.24) is 0 Å². The Balaban J connectivity index is 3.04. The average Bonchev–Trinajstić information content (AvgIpc) is 2.49. The number of unbranched alkanes of at least 4 members (excludes halogenated alkanes) is 7. The standard InChI is InChI=1S/C17H37O6P/c1-17(2)11-9-7-5-3-4-6-8-10-12-21-13-14-22-15-16-23-24(18,19)20/h17H,3-16H2,1-2H3,(H2,18,19,20). The first-order valence-electron chi connectivity index (χ1n) is 9.27. The van der Waals surface area contributed by atoms with Gasteiger partial charge in [0.25, 0.3) is 0 Å². The highest BCUT2D eigenvalue weighted by Crippen LogP contribution is 2.35. The van der Waals surface area contributed by atoms with Gasteiger partial charge in [-0.1, -0.05) is 65.2 Å². The zero-order valence-corrected chi connectivity index (χ0v) is 16.3. The molecule has 0 radical (unpaired) electrons. The Bertz CT molecular complexity index is 305. The molecule has 0 aromatic rings. The fourth-order valence-electron chi connectivity index (χ4n) is 2.35. The highest BCUT2D eigenvalue weighted by Gasteiger charge is 2.12. The minimum atomic E-state index is -4.37. The molecule has 146 valence electrons. The van der Waals surface area contributed by atoms with Gasteiger partial charge in [0.15, 0.2) is 0 Å². The van der Waals surface area contributed by atoms with E-state index in [0.29, 0.717) is 13.2 Å². The number of phosphoric ester groups is 1. The second-order valence-electron chi connectivity index (χ2n) is 6.56. The van der Waals surface area contributed by atoms with Gasteiger partial charge in [-0.05, 0) is 12.3 Å². The van der Waals surface area contributed by atoms with Crippen LogP contribution in [0, 0.1) is 5.92 Å². The minimum absolute atomic E-state index is 0.109. The Morgan fingerprint density at radius 3 is 1.71 bits per heavy atom. The molecule has 2 N–H and O–H groups in total. The minimum Gasteiger partial charge on any atom is -0.379 e. The van der Waals surface area contributed by atoms with Crippen LogP contribution in [-0.4, -0.2) is 42.8 Å². The summed E-state index contributed by atoms with van der Waals surface area (Å²) in [5.74, 6) is 0.837. The van der Waals surface area contributed by atoms with Crippen LogP contribution in [0.5, 0.6) is 0 Å². The van der Waals surface area contributed by atoms with Crippen LogP contribution in [0.3, 0.4) is 0 Å². The van der Waals surface area contributed by atoms with Crippen LogP contribution in [0.15, 0.2) is 0 Å². The zero-order valence-electron chi connectivity index (χ0n) is 15.5. The molecule has 0 bridgehead atoms. The van der Waals surface area contributed by atoms with Crippen LogP contribution in [0.2, 0.25) is 0 Å². The van der Waals surface area contributed by atoms with Gasteiger partial charge in [0.05, 0.1) is 26.4 Å². The summed E-state index contributed by atoms with van der Waals surface area (Å²) in [5, 5.41) is 0. The van der Waals surface area contributed by atoms with Crippen LogP contribution >= 0.6 is 7.82 Å². The van der Waals surface area contributed by atoms with E-state index >= 15 is 0 Å². The molecule has 0 aromatic heterocycles. The number of rotatable bonds is 18. The molecule has 0 aliphatic rings. The maximum absolute atomic E-state index is 10.4. The first-order chi connectivity index (χ1) is 11.4. The van der Waals surface area contributed by atoms with E-state index in [1.807, 2.05) is 0 Å². The molecule has 0 aromatic carbocycles. The molecule has 0 atom stereocenters. The quantitative estimate of drug-likeness (QED) is 0.277. The van der Waals surface area contributed by atoms with E-state index in [-0.39, 0.29) is 13.2 Å². The van der Waals surface area contributed by atoms with Gasteiger partial charge in [-0.25, -0.2) is 4.57 Å². The van der Waals surface area contributed by atoms with E-state index in [0.717, 1.165) is 18.9 Å². The third-order valence-corrected chi connectivity index (χ3v) is 4.20. The SMILES string of the molecule is CC(C)CCCCCCCCCCOCCOCCOP(=O)(O)O. The van der Waals surface area contributed by atoms with Gasteiger partial charge < -0.3 is 19.3 Å². The zero-order chi connectivity index (χ0) is 18.1. The molecule has 0 saturated carbocycles. The summed E-state index contributed by atoms with van der Waals surface area (Å²) in [5.41, 5.74) is 0. The van der Waals surface area contributed by atoms with Gasteiger partial charge in [0.1, 0.15) is 0 Å². The number of hydrogen-bond donors (Lipinski definition) is 2. The number of ether oxygens (including phenoxy) is 2. The van der Waals surface area contributed by atoms with Crippen LogP contribution in [-0.2, 0) is 18.6 Å². The van der Waals surface area contributed by atoms with Crippen molar-refractivity contribution in [2.75, 3.05) is 33.0 Å². The molecular weight excluding hydrogens is 331 g/mol. The topological polar surface area (TPSA) is 85.2 Å². The van der Waals surface area contributed by atoms with Crippen molar-refractivity contribution in [2.45, 2.75) is 71.6 Å². The average molecular weight is 368 g/mol. The lowest BCUT2D eigenvalue weighted by atomic mass is 10.0. The summed E-state index contributed by atoms with van der Waals surface area (Å²) >= 11 is 0. The van der Waals surface area contributed by atoms with Crippen molar-refractivity contribution in [1.29, 1.82) is 0 Å². The van der Waals surface area contributed by atoms with Gasteiger partial charge in [-0.15, -0.1) is 0 Å².